The second-order valence-electron chi connectivity index (χ2n) is 4.18. The number of benzene rings is 1. The highest BCUT2D eigenvalue weighted by Crippen LogP contribution is 2.30. The minimum absolute atomic E-state index is 0.0688. The molecule has 0 bridgehead atoms. The Morgan fingerprint density at radius 2 is 2.00 bits per heavy atom. The van der Waals surface area contributed by atoms with Crippen LogP contribution < -0.4 is 5.32 Å². The second-order valence-corrected chi connectivity index (χ2v) is 6.46. The molecule has 1 aromatic carbocycles. The number of carbonyl (C=O) groups excluding carboxylic acids is 1. The van der Waals surface area contributed by atoms with Crippen LogP contribution in [0.5, 0.6) is 0 Å². The average Bonchev–Trinajstić information content (AvgIpc) is 2.47. The summed E-state index contributed by atoms with van der Waals surface area (Å²) in [5.41, 5.74) is -0.186. The summed E-state index contributed by atoms with van der Waals surface area (Å²) in [7, 11) is 0. The molecule has 124 valence electrons. The van der Waals surface area contributed by atoms with Gasteiger partial charge in [0.25, 0.3) is 9.70 Å². The lowest BCUT2D eigenvalue weighted by atomic mass is 10.0. The Morgan fingerprint density at radius 1 is 1.43 bits per heavy atom. The van der Waals surface area contributed by atoms with Gasteiger partial charge in [0, 0.05) is 0 Å². The number of hydrogen-bond acceptors (Lipinski definition) is 4. The topological polar surface area (TPSA) is 86.7 Å². The molecule has 2 N–H and O–H groups in total. The van der Waals surface area contributed by atoms with Crippen molar-refractivity contribution in [2.75, 3.05) is 6.61 Å². The number of hydrogen-bond donors (Lipinski definition) is 2. The molecule has 1 unspecified atom stereocenters. The lowest BCUT2D eigenvalue weighted by Gasteiger charge is -2.17. The third-order valence-corrected chi connectivity index (χ3v) is 3.13. The molecule has 0 fully saturated rings. The van der Waals surface area contributed by atoms with Gasteiger partial charge in [-0.05, 0) is 24.6 Å². The summed E-state index contributed by atoms with van der Waals surface area (Å²) in [5, 5.41) is 21.2. The van der Waals surface area contributed by atoms with Gasteiger partial charge in [-0.25, -0.2) is 4.39 Å². The quantitative estimate of drug-likeness (QED) is 0.457. The van der Waals surface area contributed by atoms with E-state index in [0.717, 1.165) is 12.1 Å². The summed E-state index contributed by atoms with van der Waals surface area (Å²) < 4.78 is 15.6. The normalized spacial score (nSPS) is 13.6. The number of aliphatic hydroxyl groups is 1. The first-order valence-electron chi connectivity index (χ1n) is 6.24. The largest absolute Gasteiger partial charge is 0.475 e. The van der Waals surface area contributed by atoms with E-state index in [4.69, 9.17) is 44.9 Å². The number of rotatable bonds is 5. The van der Waals surface area contributed by atoms with E-state index in [9.17, 15) is 14.3 Å². The van der Waals surface area contributed by atoms with E-state index in [1.807, 2.05) is 0 Å². The molecule has 6 nitrogen and oxygen atoms in total. The molecular weight excluding hydrogens is 372 g/mol. The fourth-order valence-corrected chi connectivity index (χ4v) is 1.78. The van der Waals surface area contributed by atoms with E-state index in [1.54, 1.807) is 6.92 Å². The maximum atomic E-state index is 13.1. The van der Waals surface area contributed by atoms with Crippen molar-refractivity contribution in [3.05, 3.63) is 52.3 Å². The zero-order valence-electron chi connectivity index (χ0n) is 11.8. The number of halogens is 4. The monoisotopic (exact) mass is 382 g/mol. The van der Waals surface area contributed by atoms with Crippen molar-refractivity contribution in [2.45, 2.75) is 16.8 Å². The summed E-state index contributed by atoms with van der Waals surface area (Å²) in [4.78, 5) is 14.8. The zero-order valence-corrected chi connectivity index (χ0v) is 14.0. The van der Waals surface area contributed by atoms with E-state index in [2.05, 4.69) is 10.3 Å². The Kier molecular flexibility index (Phi) is 6.88. The van der Waals surface area contributed by atoms with Gasteiger partial charge < -0.3 is 15.2 Å². The highest BCUT2D eigenvalue weighted by Gasteiger charge is 2.40. The molecule has 1 amide bonds. The summed E-state index contributed by atoms with van der Waals surface area (Å²) in [5.74, 6) is -2.31. The van der Waals surface area contributed by atoms with Gasteiger partial charge in [0.05, 0.1) is 6.61 Å². The van der Waals surface area contributed by atoms with Crippen LogP contribution in [0.4, 0.5) is 4.39 Å². The second kappa shape index (κ2) is 8.20. The number of nitrogens with zero attached hydrogens (tertiary/aromatic N) is 2. The number of amides is 1. The SMILES string of the molecule is CCO/C(O)=C(\[N+]#N)C(NC(=O)C(Cl)(Cl)Cl)c1ccc(F)cc1. The highest BCUT2D eigenvalue weighted by atomic mass is 35.6. The number of aliphatic hydroxyl groups excluding tert-OH is 1. The summed E-state index contributed by atoms with van der Waals surface area (Å²) in [6.07, 6.45) is 0. The van der Waals surface area contributed by atoms with Crippen molar-refractivity contribution in [1.82, 2.24) is 5.32 Å². The number of ether oxygens (including phenoxy) is 1. The van der Waals surface area contributed by atoms with Gasteiger partial charge in [-0.3, -0.25) is 4.79 Å². The van der Waals surface area contributed by atoms with E-state index >= 15 is 0 Å². The molecule has 0 radical (unpaired) electrons. The molecule has 23 heavy (non-hydrogen) atoms. The molecule has 1 rings (SSSR count). The minimum atomic E-state index is -2.29. The van der Waals surface area contributed by atoms with Crippen LogP contribution in [-0.4, -0.2) is 21.4 Å². The van der Waals surface area contributed by atoms with Gasteiger partial charge in [-0.1, -0.05) is 46.9 Å². The molecule has 0 aromatic heterocycles. The number of nitrogens with one attached hydrogen (secondary N) is 1. The fourth-order valence-electron chi connectivity index (χ4n) is 1.61. The third kappa shape index (κ3) is 5.43. The summed E-state index contributed by atoms with van der Waals surface area (Å²) >= 11 is 16.5. The summed E-state index contributed by atoms with van der Waals surface area (Å²) in [6.45, 7) is 1.65. The van der Waals surface area contributed by atoms with Crippen LogP contribution in [0.25, 0.3) is 4.98 Å². The van der Waals surface area contributed by atoms with Crippen molar-refractivity contribution in [2.24, 2.45) is 0 Å². The van der Waals surface area contributed by atoms with Crippen molar-refractivity contribution in [3.8, 4) is 0 Å². The number of alkyl halides is 3. The molecule has 0 aliphatic carbocycles. The molecule has 0 saturated carbocycles. The van der Waals surface area contributed by atoms with Gasteiger partial charge in [0.2, 0.25) is 5.39 Å². The standard InChI is InChI=1S/C13H11Cl3FN3O3/c1-2-23-11(21)10(20-18)9(19-12(22)13(14,15)16)7-3-5-8(17)6-4-7/h3-6,9H,2H2,1H3,(H-,19,21,22)/p+1/b11-10-. The van der Waals surface area contributed by atoms with E-state index < -0.39 is 33.2 Å². The van der Waals surface area contributed by atoms with Gasteiger partial charge >= 0.3 is 11.6 Å². The van der Waals surface area contributed by atoms with Gasteiger partial charge in [-0.2, -0.15) is 0 Å². The fraction of sp³-hybridized carbons (Fsp3) is 0.308. The summed E-state index contributed by atoms with van der Waals surface area (Å²) in [6, 6.07) is 3.56. The predicted molar refractivity (Wildman–Crippen MR) is 83.9 cm³/mol. The van der Waals surface area contributed by atoms with Crippen LogP contribution in [0.1, 0.15) is 18.5 Å². The van der Waals surface area contributed by atoms with Gasteiger partial charge in [-0.15, -0.1) is 0 Å². The van der Waals surface area contributed by atoms with Crippen LogP contribution >= 0.6 is 34.8 Å². The average molecular weight is 384 g/mol. The Balaban J connectivity index is 3.31. The van der Waals surface area contributed by atoms with E-state index in [-0.39, 0.29) is 12.2 Å². The molecule has 0 heterocycles. The number of carbonyl (C=O) groups is 1. The molecule has 0 aliphatic heterocycles. The third-order valence-electron chi connectivity index (χ3n) is 2.62. The molecule has 0 spiro atoms. The first kappa shape index (κ1) is 19.3. The van der Waals surface area contributed by atoms with Crippen molar-refractivity contribution >= 4 is 40.7 Å². The van der Waals surface area contributed by atoms with Gasteiger partial charge in [0.15, 0.2) is 11.0 Å². The lowest BCUT2D eigenvalue weighted by Crippen LogP contribution is -2.38. The van der Waals surface area contributed by atoms with Crippen molar-refractivity contribution in [3.63, 3.8) is 0 Å². The molecule has 10 heteroatoms. The molecule has 1 atom stereocenters. The lowest BCUT2D eigenvalue weighted by molar-refractivity contribution is -0.120. The van der Waals surface area contributed by atoms with E-state index in [0.29, 0.717) is 0 Å². The Morgan fingerprint density at radius 3 is 2.43 bits per heavy atom. The minimum Gasteiger partial charge on any atom is -0.475 e. The maximum Gasteiger partial charge on any atom is 0.466 e. The first-order valence-corrected chi connectivity index (χ1v) is 7.38. The smallest absolute Gasteiger partial charge is 0.466 e. The Hall–Kier alpha value is -1.75. The van der Waals surface area contributed by atoms with Crippen LogP contribution in [0.15, 0.2) is 35.9 Å². The van der Waals surface area contributed by atoms with Crippen molar-refractivity contribution in [1.29, 1.82) is 5.39 Å². The predicted octanol–water partition coefficient (Wildman–Crippen LogP) is 3.97. The van der Waals surface area contributed by atoms with Crippen LogP contribution in [0.2, 0.25) is 0 Å². The van der Waals surface area contributed by atoms with Crippen LogP contribution in [-0.2, 0) is 9.53 Å². The molecule has 0 saturated heterocycles. The Labute approximate surface area is 146 Å². The van der Waals surface area contributed by atoms with Crippen LogP contribution in [0.3, 0.4) is 0 Å². The highest BCUT2D eigenvalue weighted by molar-refractivity contribution is 6.76. The van der Waals surface area contributed by atoms with Crippen molar-refractivity contribution < 1.29 is 19.0 Å². The first-order chi connectivity index (χ1) is 10.7. The number of diazo groups is 1. The van der Waals surface area contributed by atoms with Gasteiger partial charge in [0.1, 0.15) is 5.82 Å². The molecular formula is C13H12Cl3FN3O3+. The maximum absolute atomic E-state index is 13.1. The molecule has 0 aliphatic rings. The zero-order chi connectivity index (χ0) is 17.6. The van der Waals surface area contributed by atoms with E-state index in [1.165, 1.54) is 12.1 Å². The molecule has 1 aromatic rings. The van der Waals surface area contributed by atoms with Crippen LogP contribution in [0, 0.1) is 11.2 Å². The Bertz CT molecular complexity index is 639.